The number of nitrogens with two attached hydrogens (primary N) is 1. The van der Waals surface area contributed by atoms with E-state index in [2.05, 4.69) is 60.5 Å². The van der Waals surface area contributed by atoms with E-state index in [1.165, 1.54) is 16.5 Å². The van der Waals surface area contributed by atoms with Crippen LogP contribution in [0.4, 0.5) is 0 Å². The van der Waals surface area contributed by atoms with Crippen LogP contribution in [0, 0.1) is 0 Å². The minimum Gasteiger partial charge on any atom is -0.370 e. The molecule has 0 aliphatic heterocycles. The van der Waals surface area contributed by atoms with Crippen LogP contribution in [0.15, 0.2) is 35.5 Å². The third-order valence-electron chi connectivity index (χ3n) is 3.06. The fourth-order valence-electron chi connectivity index (χ4n) is 2.23. The van der Waals surface area contributed by atoms with Gasteiger partial charge in [0.15, 0.2) is 5.96 Å². The molecule has 1 aromatic heterocycles. The van der Waals surface area contributed by atoms with E-state index in [1.807, 2.05) is 6.07 Å². The minimum atomic E-state index is -0.0373. The Hall–Kier alpha value is -1.24. The molecule has 0 unspecified atom stereocenters. The lowest BCUT2D eigenvalue weighted by atomic mass is 10.1. The highest BCUT2D eigenvalue weighted by Gasteiger charge is 2.09. The van der Waals surface area contributed by atoms with Gasteiger partial charge < -0.3 is 16.0 Å². The highest BCUT2D eigenvalue weighted by Crippen LogP contribution is 2.18. The molecule has 0 spiro atoms. The Bertz CT molecular complexity index is 596. The zero-order valence-corrected chi connectivity index (χ0v) is 15.3. The molecule has 4 nitrogen and oxygen atoms in total. The molecule has 0 aliphatic carbocycles. The van der Waals surface area contributed by atoms with Crippen molar-refractivity contribution < 1.29 is 0 Å². The van der Waals surface area contributed by atoms with Crippen molar-refractivity contribution in [3.8, 4) is 0 Å². The van der Waals surface area contributed by atoms with Gasteiger partial charge in [0, 0.05) is 29.2 Å². The molecule has 1 aromatic carbocycles. The molecular weight excluding hydrogens is 375 g/mol. The average Bonchev–Trinajstić information content (AvgIpc) is 2.76. The summed E-state index contributed by atoms with van der Waals surface area (Å²) in [6.45, 7) is 6.96. The van der Waals surface area contributed by atoms with Crippen LogP contribution in [0.1, 0.15) is 32.8 Å². The van der Waals surface area contributed by atoms with Crippen LogP contribution >= 0.6 is 24.0 Å². The molecule has 0 radical (unpaired) electrons. The number of rotatable bonds is 4. The predicted octanol–water partition coefficient (Wildman–Crippen LogP) is 3.42. The third-order valence-corrected chi connectivity index (χ3v) is 3.06. The van der Waals surface area contributed by atoms with Crippen molar-refractivity contribution in [1.82, 2.24) is 10.3 Å². The molecule has 2 rings (SSSR count). The lowest BCUT2D eigenvalue weighted by Crippen LogP contribution is -2.45. The lowest BCUT2D eigenvalue weighted by molar-refractivity contribution is 0.508. The number of nitrogens with zero attached hydrogens (tertiary/aromatic N) is 1. The second-order valence-electron chi connectivity index (χ2n) is 6.11. The Labute approximate surface area is 143 Å². The zero-order valence-electron chi connectivity index (χ0n) is 12.9. The van der Waals surface area contributed by atoms with Crippen LogP contribution in [-0.4, -0.2) is 23.0 Å². The molecule has 0 saturated carbocycles. The van der Waals surface area contributed by atoms with Crippen molar-refractivity contribution in [3.63, 3.8) is 0 Å². The Balaban J connectivity index is 0.00000220. The van der Waals surface area contributed by atoms with Gasteiger partial charge in [-0.15, -0.1) is 24.0 Å². The Kier molecular flexibility index (Phi) is 6.51. The van der Waals surface area contributed by atoms with E-state index >= 15 is 0 Å². The predicted molar refractivity (Wildman–Crippen MR) is 101 cm³/mol. The first-order valence-corrected chi connectivity index (χ1v) is 7.09. The van der Waals surface area contributed by atoms with Crippen molar-refractivity contribution in [1.29, 1.82) is 0 Å². The van der Waals surface area contributed by atoms with E-state index in [9.17, 15) is 0 Å². The molecule has 0 amide bonds. The Morgan fingerprint density at radius 3 is 2.71 bits per heavy atom. The third kappa shape index (κ3) is 5.57. The molecule has 0 bridgehead atoms. The van der Waals surface area contributed by atoms with E-state index in [4.69, 9.17) is 5.73 Å². The van der Waals surface area contributed by atoms with Crippen molar-refractivity contribution in [2.75, 3.05) is 6.54 Å². The van der Waals surface area contributed by atoms with Crippen LogP contribution in [0.5, 0.6) is 0 Å². The molecule has 21 heavy (non-hydrogen) atoms. The van der Waals surface area contributed by atoms with E-state index in [0.717, 1.165) is 19.4 Å². The molecule has 2 aromatic rings. The summed E-state index contributed by atoms with van der Waals surface area (Å²) in [5, 5.41) is 4.47. The summed E-state index contributed by atoms with van der Waals surface area (Å²) in [6, 6.07) is 8.37. The van der Waals surface area contributed by atoms with E-state index in [0.29, 0.717) is 5.96 Å². The molecule has 1 heterocycles. The van der Waals surface area contributed by atoms with Gasteiger partial charge in [-0.3, -0.25) is 4.99 Å². The van der Waals surface area contributed by atoms with Gasteiger partial charge in [-0.05, 0) is 45.2 Å². The fourth-order valence-corrected chi connectivity index (χ4v) is 2.23. The lowest BCUT2D eigenvalue weighted by Gasteiger charge is -2.20. The van der Waals surface area contributed by atoms with Gasteiger partial charge in [0.2, 0.25) is 0 Å². The van der Waals surface area contributed by atoms with Crippen LogP contribution in [0.3, 0.4) is 0 Å². The van der Waals surface area contributed by atoms with Crippen LogP contribution < -0.4 is 11.1 Å². The number of aromatic nitrogens is 1. The smallest absolute Gasteiger partial charge is 0.188 e. The van der Waals surface area contributed by atoms with Gasteiger partial charge in [-0.1, -0.05) is 18.2 Å². The number of H-pyrrole nitrogens is 1. The molecular formula is C16H25IN4. The summed E-state index contributed by atoms with van der Waals surface area (Å²) in [7, 11) is 0. The van der Waals surface area contributed by atoms with Gasteiger partial charge >= 0.3 is 0 Å². The number of hydrogen-bond donors (Lipinski definition) is 3. The quantitative estimate of drug-likeness (QED) is 0.319. The van der Waals surface area contributed by atoms with Crippen molar-refractivity contribution >= 4 is 40.8 Å². The van der Waals surface area contributed by atoms with Crippen LogP contribution in [0.25, 0.3) is 10.9 Å². The first kappa shape index (κ1) is 17.8. The number of halogens is 1. The summed E-state index contributed by atoms with van der Waals surface area (Å²) < 4.78 is 0. The van der Waals surface area contributed by atoms with Crippen LogP contribution in [0.2, 0.25) is 0 Å². The number of nitrogens with one attached hydrogen (secondary N) is 2. The van der Waals surface area contributed by atoms with Gasteiger partial charge in [0.05, 0.1) is 0 Å². The number of benzene rings is 1. The number of guanidine groups is 1. The van der Waals surface area contributed by atoms with E-state index in [1.54, 1.807) is 0 Å². The highest BCUT2D eigenvalue weighted by atomic mass is 127. The standard InChI is InChI=1S/C16H24N4.HI/c1-16(2,3)20-15(17)18-10-6-7-12-11-19-14-9-5-4-8-13(12)14;/h4-5,8-9,11,19H,6-7,10H2,1-3H3,(H3,17,18,20);1H. The molecule has 0 atom stereocenters. The molecule has 4 N–H and O–H groups in total. The summed E-state index contributed by atoms with van der Waals surface area (Å²) in [5.41, 5.74) is 8.35. The fraction of sp³-hybridized carbons (Fsp3) is 0.438. The molecule has 0 fully saturated rings. The number of fused-ring (bicyclic) bond motifs is 1. The number of aryl methyl sites for hydroxylation is 1. The van der Waals surface area contributed by atoms with Gasteiger partial charge in [-0.2, -0.15) is 0 Å². The Morgan fingerprint density at radius 2 is 2.00 bits per heavy atom. The number of hydrogen-bond acceptors (Lipinski definition) is 1. The molecule has 0 aliphatic rings. The maximum atomic E-state index is 5.84. The highest BCUT2D eigenvalue weighted by molar-refractivity contribution is 14.0. The monoisotopic (exact) mass is 400 g/mol. The van der Waals surface area contributed by atoms with Gasteiger partial charge in [-0.25, -0.2) is 0 Å². The maximum Gasteiger partial charge on any atom is 0.188 e. The van der Waals surface area contributed by atoms with Gasteiger partial charge in [0.25, 0.3) is 0 Å². The Morgan fingerprint density at radius 1 is 1.29 bits per heavy atom. The van der Waals surface area contributed by atoms with Crippen molar-refractivity contribution in [2.45, 2.75) is 39.2 Å². The van der Waals surface area contributed by atoms with E-state index < -0.39 is 0 Å². The average molecular weight is 400 g/mol. The number of para-hydroxylation sites is 1. The van der Waals surface area contributed by atoms with Crippen molar-refractivity contribution in [2.24, 2.45) is 10.7 Å². The van der Waals surface area contributed by atoms with Crippen LogP contribution in [-0.2, 0) is 6.42 Å². The maximum absolute atomic E-state index is 5.84. The summed E-state index contributed by atoms with van der Waals surface area (Å²) in [6.07, 6.45) is 4.09. The number of aliphatic imine (C=N–C) groups is 1. The normalized spacial score (nSPS) is 12.2. The van der Waals surface area contributed by atoms with Crippen molar-refractivity contribution in [3.05, 3.63) is 36.0 Å². The minimum absolute atomic E-state index is 0. The second-order valence-corrected chi connectivity index (χ2v) is 6.11. The van der Waals surface area contributed by atoms with Gasteiger partial charge in [0.1, 0.15) is 0 Å². The molecule has 0 saturated heterocycles. The number of aromatic amines is 1. The zero-order chi connectivity index (χ0) is 14.6. The molecule has 116 valence electrons. The summed E-state index contributed by atoms with van der Waals surface area (Å²) in [4.78, 5) is 7.66. The molecule has 5 heteroatoms. The SMILES string of the molecule is CC(C)(C)NC(N)=NCCCc1c[nH]c2ccccc12.I. The first-order valence-electron chi connectivity index (χ1n) is 7.09. The topological polar surface area (TPSA) is 66.2 Å². The first-order chi connectivity index (χ1) is 9.46. The largest absolute Gasteiger partial charge is 0.370 e. The second kappa shape index (κ2) is 7.68. The summed E-state index contributed by atoms with van der Waals surface area (Å²) in [5.74, 6) is 0.524. The van der Waals surface area contributed by atoms with E-state index in [-0.39, 0.29) is 29.5 Å². The summed E-state index contributed by atoms with van der Waals surface area (Å²) >= 11 is 0.